The van der Waals surface area contributed by atoms with Crippen molar-refractivity contribution in [1.82, 2.24) is 10.2 Å². The molecule has 4 heteroatoms. The van der Waals surface area contributed by atoms with E-state index in [0.29, 0.717) is 12.0 Å². The lowest BCUT2D eigenvalue weighted by molar-refractivity contribution is -0.130. The van der Waals surface area contributed by atoms with Crippen LogP contribution < -0.4 is 5.32 Å². The topological polar surface area (TPSA) is 41.6 Å². The van der Waals surface area contributed by atoms with Crippen LogP contribution >= 0.6 is 0 Å². The van der Waals surface area contributed by atoms with Crippen molar-refractivity contribution in [2.75, 3.05) is 13.2 Å². The zero-order valence-corrected chi connectivity index (χ0v) is 13.1. The molecule has 1 fully saturated rings. The minimum atomic E-state index is -0.0318. The van der Waals surface area contributed by atoms with Gasteiger partial charge in [-0.1, -0.05) is 13.8 Å². The van der Waals surface area contributed by atoms with Crippen molar-refractivity contribution in [3.8, 4) is 0 Å². The molecule has 4 nitrogen and oxygen atoms in total. The van der Waals surface area contributed by atoms with E-state index in [4.69, 9.17) is 4.74 Å². The maximum absolute atomic E-state index is 12.1. The summed E-state index contributed by atoms with van der Waals surface area (Å²) in [5.74, 6) is 0.845. The average Bonchev–Trinajstić information content (AvgIpc) is 2.54. The molecule has 112 valence electrons. The molecule has 0 radical (unpaired) electrons. The summed E-state index contributed by atoms with van der Waals surface area (Å²) in [5.41, 5.74) is 0. The van der Waals surface area contributed by atoms with Gasteiger partial charge >= 0.3 is 0 Å². The maximum Gasteiger partial charge on any atom is 0.240 e. The van der Waals surface area contributed by atoms with E-state index in [1.54, 1.807) is 0 Å². The van der Waals surface area contributed by atoms with Crippen LogP contribution in [-0.4, -0.2) is 42.3 Å². The Morgan fingerprint density at radius 1 is 1.26 bits per heavy atom. The van der Waals surface area contributed by atoms with Crippen molar-refractivity contribution >= 4 is 5.91 Å². The molecule has 0 aromatic rings. The van der Waals surface area contributed by atoms with E-state index in [9.17, 15) is 4.79 Å². The van der Waals surface area contributed by atoms with Gasteiger partial charge in [0.1, 0.15) is 0 Å². The van der Waals surface area contributed by atoms with Crippen LogP contribution in [0.2, 0.25) is 0 Å². The van der Waals surface area contributed by atoms with Crippen molar-refractivity contribution in [2.24, 2.45) is 5.92 Å². The second-order valence-corrected chi connectivity index (χ2v) is 6.19. The lowest BCUT2D eigenvalue weighted by atomic mass is 10.1. The molecule has 1 rings (SSSR count). The van der Waals surface area contributed by atoms with E-state index in [-0.39, 0.29) is 18.1 Å². The predicted molar refractivity (Wildman–Crippen MR) is 77.9 cm³/mol. The number of hydrogen-bond acceptors (Lipinski definition) is 3. The summed E-state index contributed by atoms with van der Waals surface area (Å²) in [6.07, 6.45) is 3.57. The van der Waals surface area contributed by atoms with Gasteiger partial charge in [-0.15, -0.1) is 0 Å². The summed E-state index contributed by atoms with van der Waals surface area (Å²) in [7, 11) is 0. The normalized spacial score (nSPS) is 23.9. The van der Waals surface area contributed by atoms with Crippen molar-refractivity contribution < 1.29 is 9.53 Å². The lowest BCUT2D eigenvalue weighted by Gasteiger charge is -2.25. The monoisotopic (exact) mass is 270 g/mol. The number of carbonyl (C=O) groups is 1. The molecule has 1 heterocycles. The molecule has 0 aliphatic carbocycles. The molecule has 0 aromatic carbocycles. The highest BCUT2D eigenvalue weighted by Gasteiger charge is 2.35. The molecule has 19 heavy (non-hydrogen) atoms. The van der Waals surface area contributed by atoms with Crippen molar-refractivity contribution in [3.63, 3.8) is 0 Å². The molecule has 0 bridgehead atoms. The van der Waals surface area contributed by atoms with E-state index in [1.807, 2.05) is 25.7 Å². The van der Waals surface area contributed by atoms with E-state index < -0.39 is 0 Å². The number of hydrogen-bond donors (Lipinski definition) is 1. The van der Waals surface area contributed by atoms with Gasteiger partial charge in [0.05, 0.1) is 18.3 Å². The van der Waals surface area contributed by atoms with E-state index >= 15 is 0 Å². The first-order valence-corrected chi connectivity index (χ1v) is 7.60. The van der Waals surface area contributed by atoms with Crippen LogP contribution in [0.1, 0.15) is 53.9 Å². The predicted octanol–water partition coefficient (Wildman–Crippen LogP) is 2.38. The van der Waals surface area contributed by atoms with Gasteiger partial charge in [0.25, 0.3) is 0 Å². The van der Waals surface area contributed by atoms with Crippen LogP contribution in [0.5, 0.6) is 0 Å². The van der Waals surface area contributed by atoms with Crippen LogP contribution in [0.25, 0.3) is 0 Å². The maximum atomic E-state index is 12.1. The quantitative estimate of drug-likeness (QED) is 0.689. The molecule has 0 aromatic heterocycles. The molecule has 1 N–H and O–H groups in total. The number of ether oxygens (including phenoxy) is 1. The van der Waals surface area contributed by atoms with E-state index in [1.165, 1.54) is 0 Å². The fourth-order valence-electron chi connectivity index (χ4n) is 2.46. The van der Waals surface area contributed by atoms with Gasteiger partial charge in [-0.25, -0.2) is 0 Å². The van der Waals surface area contributed by atoms with Gasteiger partial charge in [-0.05, 0) is 46.0 Å². The molecule has 0 spiro atoms. The third-order valence-electron chi connectivity index (χ3n) is 3.41. The number of unbranched alkanes of at least 4 members (excludes halogenated alkanes) is 1. The Labute approximate surface area is 117 Å². The second kappa shape index (κ2) is 7.85. The van der Waals surface area contributed by atoms with Crippen molar-refractivity contribution in [1.29, 1.82) is 0 Å². The lowest BCUT2D eigenvalue weighted by Crippen LogP contribution is -2.39. The van der Waals surface area contributed by atoms with Crippen LogP contribution in [-0.2, 0) is 9.53 Å². The third kappa shape index (κ3) is 5.49. The van der Waals surface area contributed by atoms with Crippen LogP contribution in [0.15, 0.2) is 0 Å². The fourth-order valence-corrected chi connectivity index (χ4v) is 2.46. The van der Waals surface area contributed by atoms with Gasteiger partial charge in [0.2, 0.25) is 5.91 Å². The van der Waals surface area contributed by atoms with Crippen LogP contribution in [0.3, 0.4) is 0 Å². The fraction of sp³-hybridized carbons (Fsp3) is 0.933. The smallest absolute Gasteiger partial charge is 0.240 e. The number of nitrogens with one attached hydrogen (secondary N) is 1. The van der Waals surface area contributed by atoms with Crippen LogP contribution in [0, 0.1) is 5.92 Å². The molecule has 2 atom stereocenters. The SMILES string of the molecule is CC(C)CC1NC(C)C(=O)N1CCCCOC(C)C. The Morgan fingerprint density at radius 3 is 2.53 bits per heavy atom. The number of amides is 1. The molecule has 1 aliphatic rings. The highest BCUT2D eigenvalue weighted by atomic mass is 16.5. The Balaban J connectivity index is 2.33. The second-order valence-electron chi connectivity index (χ2n) is 6.19. The van der Waals surface area contributed by atoms with Gasteiger partial charge < -0.3 is 9.64 Å². The third-order valence-corrected chi connectivity index (χ3v) is 3.41. The summed E-state index contributed by atoms with van der Waals surface area (Å²) < 4.78 is 5.53. The van der Waals surface area contributed by atoms with Crippen LogP contribution in [0.4, 0.5) is 0 Å². The number of rotatable bonds is 8. The Bertz CT molecular complexity index is 279. The number of carbonyl (C=O) groups excluding carboxylic acids is 1. The highest BCUT2D eigenvalue weighted by Crippen LogP contribution is 2.18. The molecular formula is C15H30N2O2. The molecule has 1 saturated heterocycles. The summed E-state index contributed by atoms with van der Waals surface area (Å²) >= 11 is 0. The van der Waals surface area contributed by atoms with E-state index in [0.717, 1.165) is 32.4 Å². The first kappa shape index (κ1) is 16.4. The Morgan fingerprint density at radius 2 is 1.95 bits per heavy atom. The largest absolute Gasteiger partial charge is 0.379 e. The zero-order valence-electron chi connectivity index (χ0n) is 13.1. The Kier molecular flexibility index (Phi) is 6.80. The van der Waals surface area contributed by atoms with Gasteiger partial charge in [-0.3, -0.25) is 10.1 Å². The summed E-state index contributed by atoms with van der Waals surface area (Å²) in [6.45, 7) is 12.1. The van der Waals surface area contributed by atoms with Gasteiger partial charge in [0.15, 0.2) is 0 Å². The summed E-state index contributed by atoms with van der Waals surface area (Å²) in [5, 5.41) is 3.39. The molecule has 1 amide bonds. The molecule has 0 saturated carbocycles. The first-order valence-electron chi connectivity index (χ1n) is 7.60. The molecule has 2 unspecified atom stereocenters. The highest BCUT2D eigenvalue weighted by molar-refractivity contribution is 5.83. The van der Waals surface area contributed by atoms with Gasteiger partial charge in [0, 0.05) is 13.2 Å². The minimum absolute atomic E-state index is 0.0318. The van der Waals surface area contributed by atoms with Crippen molar-refractivity contribution in [2.45, 2.75) is 72.2 Å². The zero-order chi connectivity index (χ0) is 14.4. The minimum Gasteiger partial charge on any atom is -0.379 e. The standard InChI is InChI=1S/C15H30N2O2/c1-11(2)10-14-16-13(5)15(18)17(14)8-6-7-9-19-12(3)4/h11-14,16H,6-10H2,1-5H3. The molecular weight excluding hydrogens is 240 g/mol. The number of nitrogens with zero attached hydrogens (tertiary/aromatic N) is 1. The molecule has 1 aliphatic heterocycles. The Hall–Kier alpha value is -0.610. The summed E-state index contributed by atoms with van der Waals surface area (Å²) in [6, 6.07) is -0.0318. The van der Waals surface area contributed by atoms with Crippen molar-refractivity contribution in [3.05, 3.63) is 0 Å². The van der Waals surface area contributed by atoms with Gasteiger partial charge in [-0.2, -0.15) is 0 Å². The first-order chi connectivity index (χ1) is 8.91. The van der Waals surface area contributed by atoms with E-state index in [2.05, 4.69) is 19.2 Å². The summed E-state index contributed by atoms with van der Waals surface area (Å²) in [4.78, 5) is 14.1. The average molecular weight is 270 g/mol.